The minimum atomic E-state index is -3.97. The average Bonchev–Trinajstić information content (AvgIpc) is 2.59. The Kier molecular flexibility index (Phi) is 17.7. The van der Waals surface area contributed by atoms with Crippen LogP contribution >= 0.6 is 0 Å². The van der Waals surface area contributed by atoms with Gasteiger partial charge in [-0.3, -0.25) is 4.55 Å². The molecule has 0 aromatic carbocycles. The molecule has 0 radical (unpaired) electrons. The van der Waals surface area contributed by atoms with Gasteiger partial charge < -0.3 is 5.73 Å². The van der Waals surface area contributed by atoms with Gasteiger partial charge in [0.25, 0.3) is 10.1 Å². The Morgan fingerprint density at radius 2 is 1.19 bits per heavy atom. The summed E-state index contributed by atoms with van der Waals surface area (Å²) in [6, 6.07) is 0. The van der Waals surface area contributed by atoms with Crippen molar-refractivity contribution in [1.29, 1.82) is 0 Å². The number of rotatable bonds is 19. The second kappa shape index (κ2) is 18.0. The minimum Gasteiger partial charge on any atom is -0.329 e. The van der Waals surface area contributed by atoms with E-state index in [0.717, 1.165) is 19.3 Å². The summed E-state index contributed by atoms with van der Waals surface area (Å²) in [5, 5.41) is -0.786. The van der Waals surface area contributed by atoms with Crippen molar-refractivity contribution >= 4 is 10.1 Å². The van der Waals surface area contributed by atoms with Crippen molar-refractivity contribution in [3.8, 4) is 0 Å². The molecule has 5 heteroatoms. The van der Waals surface area contributed by atoms with Gasteiger partial charge in [-0.1, -0.05) is 89.7 Å². The van der Waals surface area contributed by atoms with E-state index in [9.17, 15) is 8.42 Å². The van der Waals surface area contributed by atoms with Crippen molar-refractivity contribution in [3.63, 3.8) is 0 Å². The van der Waals surface area contributed by atoms with Crippen LogP contribution in [0, 0.1) is 0 Å². The van der Waals surface area contributed by atoms with E-state index < -0.39 is 15.4 Å². The number of allylic oxidation sites excluding steroid dienone is 2. The summed E-state index contributed by atoms with van der Waals surface area (Å²) in [5.74, 6) is 0. The third-order valence-electron chi connectivity index (χ3n) is 4.97. The Bertz CT molecular complexity index is 421. The molecule has 0 bridgehead atoms. The standard InChI is InChI=1S/C21H43NO3S/c1-2-3-4-5-6-7-8-9-10-11-12-13-14-15-16-17-18-19-21(20-22)26(23,24)25/h9-10,21H,2-8,11-20,22H2,1H3,(H,23,24,25)/b10-9-. The van der Waals surface area contributed by atoms with Crippen LogP contribution in [0.5, 0.6) is 0 Å². The first-order valence-electron chi connectivity index (χ1n) is 10.8. The fourth-order valence-electron chi connectivity index (χ4n) is 3.18. The lowest BCUT2D eigenvalue weighted by atomic mass is 10.1. The first-order chi connectivity index (χ1) is 12.5. The van der Waals surface area contributed by atoms with Crippen LogP contribution in [-0.2, 0) is 10.1 Å². The van der Waals surface area contributed by atoms with Crippen molar-refractivity contribution in [2.24, 2.45) is 5.73 Å². The Morgan fingerprint density at radius 3 is 1.62 bits per heavy atom. The summed E-state index contributed by atoms with van der Waals surface area (Å²) in [6.45, 7) is 2.26. The van der Waals surface area contributed by atoms with Gasteiger partial charge in [0.05, 0.1) is 5.25 Å². The van der Waals surface area contributed by atoms with Gasteiger partial charge in [0.2, 0.25) is 0 Å². The van der Waals surface area contributed by atoms with Gasteiger partial charge in [-0.15, -0.1) is 0 Å². The van der Waals surface area contributed by atoms with Gasteiger partial charge in [-0.2, -0.15) is 8.42 Å². The number of nitrogens with two attached hydrogens (primary N) is 1. The molecule has 0 aliphatic heterocycles. The maximum atomic E-state index is 11.0. The molecule has 0 saturated heterocycles. The molecule has 0 spiro atoms. The van der Waals surface area contributed by atoms with Gasteiger partial charge in [0.1, 0.15) is 0 Å². The molecule has 0 fully saturated rings. The van der Waals surface area contributed by atoms with E-state index in [0.29, 0.717) is 6.42 Å². The third kappa shape index (κ3) is 17.0. The highest BCUT2D eigenvalue weighted by Gasteiger charge is 2.20. The van der Waals surface area contributed by atoms with E-state index in [1.54, 1.807) is 0 Å². The van der Waals surface area contributed by atoms with Crippen LogP contribution in [0.3, 0.4) is 0 Å². The van der Waals surface area contributed by atoms with Crippen LogP contribution < -0.4 is 5.73 Å². The largest absolute Gasteiger partial charge is 0.329 e. The second-order valence-electron chi connectivity index (χ2n) is 7.45. The average molecular weight is 390 g/mol. The third-order valence-corrected chi connectivity index (χ3v) is 6.24. The summed E-state index contributed by atoms with van der Waals surface area (Å²) >= 11 is 0. The second-order valence-corrected chi connectivity index (χ2v) is 9.15. The van der Waals surface area contributed by atoms with Gasteiger partial charge in [-0.25, -0.2) is 0 Å². The summed E-state index contributed by atoms with van der Waals surface area (Å²) in [7, 11) is -3.97. The van der Waals surface area contributed by atoms with Crippen LogP contribution in [-0.4, -0.2) is 24.8 Å². The van der Waals surface area contributed by atoms with Gasteiger partial charge in [0, 0.05) is 6.54 Å². The predicted octanol–water partition coefficient (Wildman–Crippen LogP) is 6.02. The maximum Gasteiger partial charge on any atom is 0.269 e. The minimum absolute atomic E-state index is 0.00517. The normalized spacial score (nSPS) is 13.5. The lowest BCUT2D eigenvalue weighted by Gasteiger charge is -2.10. The van der Waals surface area contributed by atoms with E-state index in [2.05, 4.69) is 19.1 Å². The number of hydrogen-bond donors (Lipinski definition) is 2. The van der Waals surface area contributed by atoms with Crippen LogP contribution in [0.25, 0.3) is 0 Å². The summed E-state index contributed by atoms with van der Waals surface area (Å²) in [5.41, 5.74) is 5.39. The lowest BCUT2D eigenvalue weighted by molar-refractivity contribution is 0.457. The smallest absolute Gasteiger partial charge is 0.269 e. The van der Waals surface area contributed by atoms with Gasteiger partial charge in [0.15, 0.2) is 0 Å². The van der Waals surface area contributed by atoms with Crippen molar-refractivity contribution < 1.29 is 13.0 Å². The predicted molar refractivity (Wildman–Crippen MR) is 113 cm³/mol. The SMILES string of the molecule is CCCCCCCC/C=C\CCCCCCCCCC(CN)S(=O)(=O)O. The fraction of sp³-hybridized carbons (Fsp3) is 0.905. The summed E-state index contributed by atoms with van der Waals surface area (Å²) in [6.07, 6.45) is 23.8. The van der Waals surface area contributed by atoms with E-state index in [1.807, 2.05) is 0 Å². The molecule has 0 amide bonds. The van der Waals surface area contributed by atoms with E-state index >= 15 is 0 Å². The van der Waals surface area contributed by atoms with Crippen molar-refractivity contribution in [2.45, 2.75) is 115 Å². The molecule has 3 N–H and O–H groups in total. The Balaban J connectivity index is 3.30. The zero-order valence-corrected chi connectivity index (χ0v) is 17.8. The first kappa shape index (κ1) is 25.6. The molecule has 4 nitrogen and oxygen atoms in total. The molecule has 0 aromatic rings. The van der Waals surface area contributed by atoms with Crippen LogP contribution in [0.2, 0.25) is 0 Å². The number of unbranched alkanes of at least 4 members (excludes halogenated alkanes) is 13. The summed E-state index contributed by atoms with van der Waals surface area (Å²) < 4.78 is 31.1. The molecular formula is C21H43NO3S. The Morgan fingerprint density at radius 1 is 0.769 bits per heavy atom. The molecule has 26 heavy (non-hydrogen) atoms. The fourth-order valence-corrected chi connectivity index (χ4v) is 3.89. The molecule has 0 aliphatic carbocycles. The van der Waals surface area contributed by atoms with E-state index in [1.165, 1.54) is 77.0 Å². The van der Waals surface area contributed by atoms with Gasteiger partial charge >= 0.3 is 0 Å². The first-order valence-corrected chi connectivity index (χ1v) is 12.3. The molecule has 0 rings (SSSR count). The van der Waals surface area contributed by atoms with Crippen LogP contribution in [0.1, 0.15) is 110 Å². The highest BCUT2D eigenvalue weighted by atomic mass is 32.2. The highest BCUT2D eigenvalue weighted by molar-refractivity contribution is 7.86. The molecule has 0 aliphatic rings. The Hall–Kier alpha value is -0.390. The zero-order chi connectivity index (χ0) is 19.5. The van der Waals surface area contributed by atoms with E-state index in [-0.39, 0.29) is 6.54 Å². The zero-order valence-electron chi connectivity index (χ0n) is 17.0. The summed E-state index contributed by atoms with van der Waals surface area (Å²) in [4.78, 5) is 0. The van der Waals surface area contributed by atoms with Crippen molar-refractivity contribution in [2.75, 3.05) is 6.54 Å². The van der Waals surface area contributed by atoms with Gasteiger partial charge in [-0.05, 0) is 32.1 Å². The molecule has 1 atom stereocenters. The molecule has 0 heterocycles. The lowest BCUT2D eigenvalue weighted by Crippen LogP contribution is -2.29. The number of hydrogen-bond acceptors (Lipinski definition) is 3. The molecule has 156 valence electrons. The molecule has 1 unspecified atom stereocenters. The van der Waals surface area contributed by atoms with Crippen LogP contribution in [0.15, 0.2) is 12.2 Å². The van der Waals surface area contributed by atoms with Crippen molar-refractivity contribution in [3.05, 3.63) is 12.2 Å². The molecule has 0 saturated carbocycles. The topological polar surface area (TPSA) is 80.4 Å². The maximum absolute atomic E-state index is 11.0. The van der Waals surface area contributed by atoms with Crippen molar-refractivity contribution in [1.82, 2.24) is 0 Å². The quantitative estimate of drug-likeness (QED) is 0.161. The highest BCUT2D eigenvalue weighted by Crippen LogP contribution is 2.13. The monoisotopic (exact) mass is 389 g/mol. The Labute approximate surface area is 162 Å². The molecule has 0 aromatic heterocycles. The molecular weight excluding hydrogens is 346 g/mol. The van der Waals surface area contributed by atoms with Crippen LogP contribution in [0.4, 0.5) is 0 Å². The van der Waals surface area contributed by atoms with E-state index in [4.69, 9.17) is 10.3 Å².